The summed E-state index contributed by atoms with van der Waals surface area (Å²) in [6, 6.07) is 20.3. The fraction of sp³-hybridized carbons (Fsp3) is 0.231. The van der Waals surface area contributed by atoms with Gasteiger partial charge in [-0.15, -0.1) is 0 Å². The van der Waals surface area contributed by atoms with Crippen LogP contribution < -0.4 is 0 Å². The quantitative estimate of drug-likeness (QED) is 0.276. The zero-order valence-electron chi connectivity index (χ0n) is 17.7. The number of nitrogens with zero attached hydrogens (tertiary/aromatic N) is 1. The van der Waals surface area contributed by atoms with Crippen molar-refractivity contribution in [2.75, 3.05) is 20.3 Å². The second kappa shape index (κ2) is 8.74. The van der Waals surface area contributed by atoms with Crippen molar-refractivity contribution in [2.24, 2.45) is 0 Å². The van der Waals surface area contributed by atoms with Crippen LogP contribution in [0, 0.1) is 6.92 Å². The summed E-state index contributed by atoms with van der Waals surface area (Å²) in [6.45, 7) is 2.79. The van der Waals surface area contributed by atoms with Gasteiger partial charge in [0.15, 0.2) is 0 Å². The molecule has 1 amide bonds. The number of aliphatic hydroxyl groups is 1. The summed E-state index contributed by atoms with van der Waals surface area (Å²) in [5.41, 5.74) is 2.51. The van der Waals surface area contributed by atoms with Crippen molar-refractivity contribution in [2.45, 2.75) is 19.4 Å². The van der Waals surface area contributed by atoms with Crippen LogP contribution in [-0.2, 0) is 14.3 Å². The molecule has 5 nitrogen and oxygen atoms in total. The Kier molecular flexibility index (Phi) is 5.87. The number of rotatable bonds is 6. The lowest BCUT2D eigenvalue weighted by molar-refractivity contribution is -0.140. The van der Waals surface area contributed by atoms with Crippen molar-refractivity contribution in [1.82, 2.24) is 4.90 Å². The van der Waals surface area contributed by atoms with Crippen molar-refractivity contribution >= 4 is 28.2 Å². The second-order valence-corrected chi connectivity index (χ2v) is 7.77. The van der Waals surface area contributed by atoms with E-state index in [4.69, 9.17) is 4.74 Å². The van der Waals surface area contributed by atoms with E-state index in [-0.39, 0.29) is 11.3 Å². The first-order valence-electron chi connectivity index (χ1n) is 10.3. The number of hydrogen-bond acceptors (Lipinski definition) is 4. The molecular weight excluding hydrogens is 390 g/mol. The first-order chi connectivity index (χ1) is 15.0. The lowest BCUT2D eigenvalue weighted by Crippen LogP contribution is -2.31. The zero-order chi connectivity index (χ0) is 22.0. The number of carbonyl (C=O) groups excluding carboxylic acids is 2. The van der Waals surface area contributed by atoms with Crippen molar-refractivity contribution in [3.8, 4) is 0 Å². The van der Waals surface area contributed by atoms with Crippen LogP contribution in [0.5, 0.6) is 0 Å². The van der Waals surface area contributed by atoms with Gasteiger partial charge in [0.2, 0.25) is 0 Å². The minimum absolute atomic E-state index is 0.127. The van der Waals surface area contributed by atoms with Crippen LogP contribution in [0.1, 0.15) is 29.2 Å². The molecule has 3 aromatic rings. The predicted octanol–water partition coefficient (Wildman–Crippen LogP) is 4.61. The molecule has 5 heteroatoms. The van der Waals surface area contributed by atoms with Gasteiger partial charge in [-0.25, -0.2) is 0 Å². The topological polar surface area (TPSA) is 66.8 Å². The smallest absolute Gasteiger partial charge is 0.295 e. The van der Waals surface area contributed by atoms with E-state index in [2.05, 4.69) is 0 Å². The van der Waals surface area contributed by atoms with Gasteiger partial charge >= 0.3 is 0 Å². The number of aryl methyl sites for hydroxylation is 1. The third-order valence-corrected chi connectivity index (χ3v) is 5.73. The Morgan fingerprint density at radius 3 is 2.45 bits per heavy atom. The van der Waals surface area contributed by atoms with Gasteiger partial charge in [-0.1, -0.05) is 72.3 Å². The number of methoxy groups -OCH3 is 1. The Labute approximate surface area is 181 Å². The van der Waals surface area contributed by atoms with Gasteiger partial charge in [0.1, 0.15) is 5.76 Å². The molecule has 158 valence electrons. The number of ketones is 1. The summed E-state index contributed by atoms with van der Waals surface area (Å²) in [7, 11) is 1.60. The average Bonchev–Trinajstić information content (AvgIpc) is 3.04. The van der Waals surface area contributed by atoms with E-state index in [0.717, 1.165) is 21.9 Å². The molecule has 31 heavy (non-hydrogen) atoms. The molecule has 0 aromatic heterocycles. The van der Waals surface area contributed by atoms with Gasteiger partial charge in [0, 0.05) is 25.8 Å². The highest BCUT2D eigenvalue weighted by molar-refractivity contribution is 6.46. The van der Waals surface area contributed by atoms with E-state index in [1.807, 2.05) is 61.5 Å². The SMILES string of the molecule is COCCCN1C(=O)C(=O)/C(=C(/O)c2ccc(C)cc2)[C@H]1c1cccc2ccccc12. The van der Waals surface area contributed by atoms with Crippen LogP contribution in [-0.4, -0.2) is 42.0 Å². The number of hydrogen-bond donors (Lipinski definition) is 1. The standard InChI is InChI=1S/C26H25NO4/c1-17-11-13-19(14-12-17)24(28)22-23(27(15-6-16-31-2)26(30)25(22)29)21-10-5-8-18-7-3-4-9-20(18)21/h3-5,7-14,23,28H,6,15-16H2,1-2H3/b24-22+/t23-/m1/s1. The molecule has 1 fully saturated rings. The van der Waals surface area contributed by atoms with E-state index < -0.39 is 17.7 Å². The molecule has 1 aliphatic heterocycles. The summed E-state index contributed by atoms with van der Waals surface area (Å²) in [5.74, 6) is -1.40. The maximum absolute atomic E-state index is 13.1. The van der Waals surface area contributed by atoms with Crippen molar-refractivity contribution in [1.29, 1.82) is 0 Å². The third-order valence-electron chi connectivity index (χ3n) is 5.73. The van der Waals surface area contributed by atoms with E-state index in [1.54, 1.807) is 24.1 Å². The van der Waals surface area contributed by atoms with Crippen molar-refractivity contribution in [3.63, 3.8) is 0 Å². The number of aliphatic hydroxyl groups excluding tert-OH is 1. The number of amides is 1. The van der Waals surface area contributed by atoms with E-state index >= 15 is 0 Å². The Morgan fingerprint density at radius 2 is 1.71 bits per heavy atom. The maximum Gasteiger partial charge on any atom is 0.295 e. The van der Waals surface area contributed by atoms with E-state index in [9.17, 15) is 14.7 Å². The highest BCUT2D eigenvalue weighted by Gasteiger charge is 2.46. The highest BCUT2D eigenvalue weighted by Crippen LogP contribution is 2.41. The van der Waals surface area contributed by atoms with Gasteiger partial charge in [-0.05, 0) is 29.7 Å². The molecule has 1 saturated heterocycles. The largest absolute Gasteiger partial charge is 0.507 e. The van der Waals surface area contributed by atoms with E-state index in [1.165, 1.54) is 0 Å². The zero-order valence-corrected chi connectivity index (χ0v) is 17.7. The summed E-state index contributed by atoms with van der Waals surface area (Å²) in [6.07, 6.45) is 0.593. The van der Waals surface area contributed by atoms with Crippen LogP contribution in [0.3, 0.4) is 0 Å². The van der Waals surface area contributed by atoms with Gasteiger partial charge < -0.3 is 14.7 Å². The molecule has 0 bridgehead atoms. The number of Topliss-reactive ketones (excluding diaryl/α,β-unsaturated/α-hetero) is 1. The molecule has 1 N–H and O–H groups in total. The fourth-order valence-electron chi connectivity index (χ4n) is 4.17. The summed E-state index contributed by atoms with van der Waals surface area (Å²) < 4.78 is 5.15. The molecule has 1 aliphatic rings. The molecule has 0 aliphatic carbocycles. The number of benzene rings is 3. The molecule has 0 unspecified atom stereocenters. The number of ether oxygens (including phenoxy) is 1. The molecule has 0 radical (unpaired) electrons. The normalized spacial score (nSPS) is 18.1. The molecule has 4 rings (SSSR count). The summed E-state index contributed by atoms with van der Waals surface area (Å²) in [4.78, 5) is 27.7. The van der Waals surface area contributed by atoms with Gasteiger partial charge in [-0.2, -0.15) is 0 Å². The average molecular weight is 415 g/mol. The third kappa shape index (κ3) is 3.84. The lowest BCUT2D eigenvalue weighted by Gasteiger charge is -2.26. The van der Waals surface area contributed by atoms with Gasteiger partial charge in [-0.3, -0.25) is 9.59 Å². The molecular formula is C26H25NO4. The van der Waals surface area contributed by atoms with Crippen LogP contribution in [0.4, 0.5) is 0 Å². The first kappa shape index (κ1) is 20.8. The van der Waals surface area contributed by atoms with Gasteiger partial charge in [0.05, 0.1) is 11.6 Å². The fourth-order valence-corrected chi connectivity index (χ4v) is 4.17. The minimum atomic E-state index is -0.663. The lowest BCUT2D eigenvalue weighted by atomic mass is 9.91. The Morgan fingerprint density at radius 1 is 1.00 bits per heavy atom. The number of fused-ring (bicyclic) bond motifs is 1. The summed E-state index contributed by atoms with van der Waals surface area (Å²) >= 11 is 0. The van der Waals surface area contributed by atoms with E-state index in [0.29, 0.717) is 25.1 Å². The molecule has 0 saturated carbocycles. The molecule has 0 spiro atoms. The molecule has 1 atom stereocenters. The minimum Gasteiger partial charge on any atom is -0.507 e. The van der Waals surface area contributed by atoms with Crippen LogP contribution >= 0.6 is 0 Å². The summed E-state index contributed by atoms with van der Waals surface area (Å²) in [5, 5.41) is 13.1. The van der Waals surface area contributed by atoms with Crippen molar-refractivity contribution < 1.29 is 19.4 Å². The number of carbonyl (C=O) groups is 2. The molecule has 1 heterocycles. The maximum atomic E-state index is 13.1. The predicted molar refractivity (Wildman–Crippen MR) is 121 cm³/mol. The second-order valence-electron chi connectivity index (χ2n) is 7.77. The van der Waals surface area contributed by atoms with Gasteiger partial charge in [0.25, 0.3) is 11.7 Å². The first-order valence-corrected chi connectivity index (χ1v) is 10.3. The van der Waals surface area contributed by atoms with Crippen LogP contribution in [0.15, 0.2) is 72.3 Å². The Hall–Kier alpha value is -3.44. The highest BCUT2D eigenvalue weighted by atomic mass is 16.5. The van der Waals surface area contributed by atoms with Crippen LogP contribution in [0.2, 0.25) is 0 Å². The van der Waals surface area contributed by atoms with Crippen molar-refractivity contribution in [3.05, 3.63) is 89.0 Å². The Balaban J connectivity index is 1.91. The number of likely N-dealkylation sites (tertiary alicyclic amines) is 1. The molecule has 3 aromatic carbocycles. The van der Waals surface area contributed by atoms with Crippen LogP contribution in [0.25, 0.3) is 16.5 Å². The monoisotopic (exact) mass is 415 g/mol. The Bertz CT molecular complexity index is 1160.